The number of piperidine rings is 1. The lowest BCUT2D eigenvalue weighted by Crippen LogP contribution is -2.40. The molecule has 5 N–H and O–H groups in total. The maximum atomic E-state index is 13.2. The SMILES string of the molecule is C[C@H](Cc1cccc(CC(=O)NCc2ccc(N(C)C(=O)CCN3CCC(OC(=O)Nc4ccccc4-c4ccccc4)CC3)cc2)c1)NCCc1ccc(O)c2[nH]c(=O)ccc12. The Morgan fingerprint density at radius 3 is 2.40 bits per heavy atom. The second-order valence-corrected chi connectivity index (χ2v) is 16.3. The number of anilines is 2. The Kier molecular flexibility index (Phi) is 15.0. The number of ether oxygens (including phenoxy) is 1. The molecular weight excluding hydrogens is 793 g/mol. The van der Waals surface area contributed by atoms with Gasteiger partial charge in [-0.25, -0.2) is 4.79 Å². The normalized spacial score (nSPS) is 13.6. The Labute approximate surface area is 368 Å². The number of nitrogens with one attached hydrogen (secondary N) is 4. The molecule has 0 aliphatic carbocycles. The largest absolute Gasteiger partial charge is 0.506 e. The molecule has 1 aromatic heterocycles. The number of aromatic amines is 1. The minimum Gasteiger partial charge on any atom is -0.506 e. The van der Waals surface area contributed by atoms with Gasteiger partial charge >= 0.3 is 6.09 Å². The summed E-state index contributed by atoms with van der Waals surface area (Å²) in [6.07, 6.45) is 2.93. The number of fused-ring (bicyclic) bond motifs is 1. The molecule has 7 rings (SSSR count). The average molecular weight is 849 g/mol. The number of phenolic OH excluding ortho intramolecular Hbond substituents is 1. The van der Waals surface area contributed by atoms with Gasteiger partial charge in [-0.2, -0.15) is 0 Å². The molecule has 0 spiro atoms. The summed E-state index contributed by atoms with van der Waals surface area (Å²) < 4.78 is 5.78. The van der Waals surface area contributed by atoms with Crippen molar-refractivity contribution in [2.24, 2.45) is 0 Å². The molecule has 12 nitrogen and oxygen atoms in total. The number of amides is 3. The average Bonchev–Trinajstić information content (AvgIpc) is 3.29. The summed E-state index contributed by atoms with van der Waals surface area (Å²) in [5.41, 5.74) is 7.71. The molecule has 1 aliphatic rings. The molecule has 0 saturated carbocycles. The van der Waals surface area contributed by atoms with Crippen molar-refractivity contribution < 1.29 is 24.2 Å². The molecule has 0 bridgehead atoms. The van der Waals surface area contributed by atoms with Crippen molar-refractivity contribution in [3.63, 3.8) is 0 Å². The first-order valence-electron chi connectivity index (χ1n) is 21.7. The maximum absolute atomic E-state index is 13.2. The summed E-state index contributed by atoms with van der Waals surface area (Å²) in [6, 6.07) is 40.3. The van der Waals surface area contributed by atoms with E-state index in [1.165, 1.54) is 6.07 Å². The summed E-state index contributed by atoms with van der Waals surface area (Å²) in [4.78, 5) is 57.3. The zero-order valence-electron chi connectivity index (χ0n) is 35.9. The fourth-order valence-electron chi connectivity index (χ4n) is 8.11. The van der Waals surface area contributed by atoms with E-state index in [-0.39, 0.29) is 41.7 Å². The molecule has 1 saturated heterocycles. The van der Waals surface area contributed by atoms with Crippen molar-refractivity contribution in [2.75, 3.05) is 43.4 Å². The van der Waals surface area contributed by atoms with Crippen LogP contribution < -0.4 is 26.4 Å². The van der Waals surface area contributed by atoms with Gasteiger partial charge in [0.15, 0.2) is 0 Å². The highest BCUT2D eigenvalue weighted by atomic mass is 16.6. The van der Waals surface area contributed by atoms with Crippen LogP contribution in [0.15, 0.2) is 132 Å². The van der Waals surface area contributed by atoms with Crippen molar-refractivity contribution in [1.82, 2.24) is 20.5 Å². The van der Waals surface area contributed by atoms with Crippen LogP contribution >= 0.6 is 0 Å². The van der Waals surface area contributed by atoms with Crippen LogP contribution in [0.3, 0.4) is 0 Å². The lowest BCUT2D eigenvalue weighted by atomic mass is 10.0. The number of H-pyrrole nitrogens is 1. The van der Waals surface area contributed by atoms with E-state index in [1.807, 2.05) is 97.1 Å². The molecule has 3 amide bonds. The summed E-state index contributed by atoms with van der Waals surface area (Å²) >= 11 is 0. The quantitative estimate of drug-likeness (QED) is 0.0629. The molecule has 1 aliphatic heterocycles. The Morgan fingerprint density at radius 2 is 1.60 bits per heavy atom. The van der Waals surface area contributed by atoms with Crippen molar-refractivity contribution in [2.45, 2.75) is 64.1 Å². The molecule has 0 radical (unpaired) electrons. The highest BCUT2D eigenvalue weighted by molar-refractivity contribution is 5.93. The monoisotopic (exact) mass is 848 g/mol. The fourth-order valence-corrected chi connectivity index (χ4v) is 8.11. The number of aromatic nitrogens is 1. The molecule has 12 heteroatoms. The Balaban J connectivity index is 0.783. The van der Waals surface area contributed by atoms with Gasteiger partial charge in [0.1, 0.15) is 11.9 Å². The molecular formula is C51H56N6O6. The maximum Gasteiger partial charge on any atom is 0.411 e. The number of pyridine rings is 1. The van der Waals surface area contributed by atoms with Crippen molar-refractivity contribution in [3.05, 3.63) is 160 Å². The van der Waals surface area contributed by atoms with Crippen LogP contribution in [0.1, 0.15) is 48.4 Å². The van der Waals surface area contributed by atoms with Crippen LogP contribution in [-0.4, -0.2) is 78.3 Å². The third-order valence-corrected chi connectivity index (χ3v) is 11.6. The first-order valence-corrected chi connectivity index (χ1v) is 21.7. The van der Waals surface area contributed by atoms with Crippen LogP contribution in [0.25, 0.3) is 22.0 Å². The standard InChI is InChI=1S/C51H56N6O6/c1-35(52-27-23-40-17-21-46(58)50-44(40)20-22-47(59)55-50)31-37-9-8-10-38(32-37)33-48(60)53-34-36-15-18-41(19-16-36)56(2)49(61)26-30-57-28-24-42(25-29-57)63-51(62)54-45-14-7-6-13-43(45)39-11-4-3-5-12-39/h3-22,32,35,42,52,58H,23-31,33-34H2,1-2H3,(H,53,60)(H,54,62)(H,55,59)/t35-/m1/s1. The van der Waals surface area contributed by atoms with E-state index < -0.39 is 6.09 Å². The van der Waals surface area contributed by atoms with Crippen LogP contribution in [0.4, 0.5) is 16.2 Å². The van der Waals surface area contributed by atoms with E-state index in [1.54, 1.807) is 24.1 Å². The number of aromatic hydroxyl groups is 1. The van der Waals surface area contributed by atoms with Gasteiger partial charge in [0.25, 0.3) is 0 Å². The smallest absolute Gasteiger partial charge is 0.411 e. The van der Waals surface area contributed by atoms with Gasteiger partial charge in [-0.1, -0.05) is 91.0 Å². The topological polar surface area (TPSA) is 156 Å². The van der Waals surface area contributed by atoms with Crippen LogP contribution in [0.5, 0.6) is 5.75 Å². The van der Waals surface area contributed by atoms with E-state index >= 15 is 0 Å². The molecule has 0 unspecified atom stereocenters. The Hall–Kier alpha value is -6.76. The zero-order chi connectivity index (χ0) is 44.1. The highest BCUT2D eigenvalue weighted by Crippen LogP contribution is 2.28. The number of benzene rings is 5. The third-order valence-electron chi connectivity index (χ3n) is 11.6. The second-order valence-electron chi connectivity index (χ2n) is 16.3. The number of nitrogens with zero attached hydrogens (tertiary/aromatic N) is 2. The number of hydrogen-bond donors (Lipinski definition) is 5. The summed E-state index contributed by atoms with van der Waals surface area (Å²) in [5.74, 6) is 0.00536. The highest BCUT2D eigenvalue weighted by Gasteiger charge is 2.24. The van der Waals surface area contributed by atoms with E-state index in [0.717, 1.165) is 76.9 Å². The number of likely N-dealkylation sites (tertiary alicyclic amines) is 1. The zero-order valence-corrected chi connectivity index (χ0v) is 35.9. The first kappa shape index (κ1) is 44.3. The van der Waals surface area contributed by atoms with Crippen molar-refractivity contribution >= 4 is 40.2 Å². The number of hydrogen-bond acceptors (Lipinski definition) is 8. The van der Waals surface area contributed by atoms with Crippen molar-refractivity contribution in [3.8, 4) is 16.9 Å². The molecule has 1 fully saturated rings. The van der Waals surface area contributed by atoms with Gasteiger partial charge in [0, 0.05) is 68.4 Å². The molecule has 63 heavy (non-hydrogen) atoms. The van der Waals surface area contributed by atoms with E-state index in [0.29, 0.717) is 43.6 Å². The number of rotatable bonds is 17. The molecule has 5 aromatic carbocycles. The third kappa shape index (κ3) is 12.4. The number of para-hydroxylation sites is 1. The number of phenols is 1. The molecule has 2 heterocycles. The fraction of sp³-hybridized carbons (Fsp3) is 0.294. The minimum absolute atomic E-state index is 0.0145. The molecule has 1 atom stereocenters. The van der Waals surface area contributed by atoms with Crippen LogP contribution in [0, 0.1) is 0 Å². The van der Waals surface area contributed by atoms with E-state index in [9.17, 15) is 24.3 Å². The van der Waals surface area contributed by atoms with Gasteiger partial charge in [-0.05, 0) is 97.3 Å². The van der Waals surface area contributed by atoms with Gasteiger partial charge in [-0.3, -0.25) is 19.7 Å². The van der Waals surface area contributed by atoms with E-state index in [4.69, 9.17) is 4.74 Å². The lowest BCUT2D eigenvalue weighted by molar-refractivity contribution is -0.120. The predicted molar refractivity (Wildman–Crippen MR) is 249 cm³/mol. The lowest BCUT2D eigenvalue weighted by Gasteiger charge is -2.31. The van der Waals surface area contributed by atoms with Gasteiger partial charge in [0.05, 0.1) is 17.6 Å². The number of carbonyl (C=O) groups excluding carboxylic acids is 3. The van der Waals surface area contributed by atoms with Crippen LogP contribution in [0.2, 0.25) is 0 Å². The van der Waals surface area contributed by atoms with Gasteiger partial charge in [0.2, 0.25) is 17.4 Å². The summed E-state index contributed by atoms with van der Waals surface area (Å²) in [6.45, 7) is 5.35. The van der Waals surface area contributed by atoms with Gasteiger partial charge in [-0.15, -0.1) is 0 Å². The van der Waals surface area contributed by atoms with Crippen molar-refractivity contribution in [1.29, 1.82) is 0 Å². The van der Waals surface area contributed by atoms with Crippen LogP contribution in [-0.2, 0) is 40.1 Å². The van der Waals surface area contributed by atoms with E-state index in [2.05, 4.69) is 44.9 Å². The Morgan fingerprint density at radius 1 is 0.857 bits per heavy atom. The summed E-state index contributed by atoms with van der Waals surface area (Å²) in [7, 11) is 1.78. The second kappa shape index (κ2) is 21.4. The van der Waals surface area contributed by atoms with Gasteiger partial charge < -0.3 is 35.3 Å². The first-order chi connectivity index (χ1) is 30.6. The minimum atomic E-state index is -0.462. The Bertz CT molecular complexity index is 2550. The summed E-state index contributed by atoms with van der Waals surface area (Å²) in [5, 5.41) is 20.5. The molecule has 6 aromatic rings. The number of carbonyl (C=O) groups is 3. The molecule has 326 valence electrons. The predicted octanol–water partition coefficient (Wildman–Crippen LogP) is 7.59.